The Balaban J connectivity index is 2.35. The van der Waals surface area contributed by atoms with Crippen molar-refractivity contribution in [3.63, 3.8) is 0 Å². The predicted molar refractivity (Wildman–Crippen MR) is 51.5 cm³/mol. The van der Waals surface area contributed by atoms with Crippen molar-refractivity contribution in [3.05, 3.63) is 10.1 Å². The van der Waals surface area contributed by atoms with Gasteiger partial charge < -0.3 is 16.2 Å². The van der Waals surface area contributed by atoms with E-state index >= 15 is 0 Å². The summed E-state index contributed by atoms with van der Waals surface area (Å²) in [6.45, 7) is 0.573. The zero-order chi connectivity index (χ0) is 10.6. The van der Waals surface area contributed by atoms with E-state index in [2.05, 4.69) is 5.32 Å². The molecule has 0 bridgehead atoms. The Morgan fingerprint density at radius 3 is 2.79 bits per heavy atom. The molecule has 6 heteroatoms. The first-order valence-electron chi connectivity index (χ1n) is 4.88. The molecule has 3 unspecified atom stereocenters. The molecule has 6 nitrogen and oxygen atoms in total. The largest absolute Gasteiger partial charge is 0.395 e. The second-order valence-corrected chi connectivity index (χ2v) is 3.70. The minimum absolute atomic E-state index is 0.0713. The van der Waals surface area contributed by atoms with Gasteiger partial charge >= 0.3 is 0 Å². The van der Waals surface area contributed by atoms with E-state index in [0.717, 1.165) is 0 Å². The number of nitrogens with two attached hydrogens (primary N) is 1. The van der Waals surface area contributed by atoms with Crippen LogP contribution in [0.5, 0.6) is 0 Å². The van der Waals surface area contributed by atoms with Crippen LogP contribution < -0.4 is 11.1 Å². The highest BCUT2D eigenvalue weighted by Gasteiger charge is 2.33. The first-order valence-corrected chi connectivity index (χ1v) is 4.88. The van der Waals surface area contributed by atoms with E-state index in [4.69, 9.17) is 10.8 Å². The Morgan fingerprint density at radius 2 is 2.29 bits per heavy atom. The topological polar surface area (TPSA) is 101 Å². The normalized spacial score (nSPS) is 32.9. The van der Waals surface area contributed by atoms with Gasteiger partial charge in [0, 0.05) is 36.4 Å². The van der Waals surface area contributed by atoms with E-state index in [9.17, 15) is 10.1 Å². The van der Waals surface area contributed by atoms with Gasteiger partial charge in [-0.3, -0.25) is 10.1 Å². The van der Waals surface area contributed by atoms with E-state index in [1.54, 1.807) is 0 Å². The van der Waals surface area contributed by atoms with Gasteiger partial charge in [-0.05, 0) is 6.42 Å². The lowest BCUT2D eigenvalue weighted by atomic mass is 9.87. The summed E-state index contributed by atoms with van der Waals surface area (Å²) in [7, 11) is 0. The molecule has 0 radical (unpaired) electrons. The number of nitrogens with zero attached hydrogens (tertiary/aromatic N) is 1. The number of aliphatic hydroxyl groups excluding tert-OH is 1. The van der Waals surface area contributed by atoms with Gasteiger partial charge in [-0.2, -0.15) is 0 Å². The van der Waals surface area contributed by atoms with Crippen LogP contribution in [0.25, 0.3) is 0 Å². The third-order valence-corrected chi connectivity index (χ3v) is 2.69. The first kappa shape index (κ1) is 11.4. The van der Waals surface area contributed by atoms with E-state index in [0.29, 0.717) is 25.8 Å². The minimum Gasteiger partial charge on any atom is -0.395 e. The molecule has 0 aliphatic heterocycles. The number of rotatable bonds is 4. The number of nitro groups is 1. The van der Waals surface area contributed by atoms with E-state index in [1.807, 2.05) is 0 Å². The van der Waals surface area contributed by atoms with Crippen LogP contribution in [0.15, 0.2) is 0 Å². The molecule has 0 amide bonds. The summed E-state index contributed by atoms with van der Waals surface area (Å²) in [5.41, 5.74) is 5.80. The van der Waals surface area contributed by atoms with Crippen molar-refractivity contribution in [2.75, 3.05) is 13.2 Å². The summed E-state index contributed by atoms with van der Waals surface area (Å²) in [4.78, 5) is 10.3. The maximum Gasteiger partial charge on any atom is 0.214 e. The van der Waals surface area contributed by atoms with Gasteiger partial charge in [-0.15, -0.1) is 0 Å². The van der Waals surface area contributed by atoms with Crippen LogP contribution in [0, 0.1) is 10.1 Å². The third kappa shape index (κ3) is 2.90. The molecule has 0 aromatic rings. The fourth-order valence-electron chi connectivity index (χ4n) is 1.88. The zero-order valence-electron chi connectivity index (χ0n) is 8.06. The monoisotopic (exact) mass is 203 g/mol. The molecule has 0 aromatic heterocycles. The van der Waals surface area contributed by atoms with Gasteiger partial charge in [-0.1, -0.05) is 0 Å². The zero-order valence-corrected chi connectivity index (χ0v) is 8.06. The van der Waals surface area contributed by atoms with Crippen molar-refractivity contribution in [1.29, 1.82) is 0 Å². The van der Waals surface area contributed by atoms with Gasteiger partial charge in [0.2, 0.25) is 6.04 Å². The molecule has 1 fully saturated rings. The Bertz CT molecular complexity index is 200. The second-order valence-electron chi connectivity index (χ2n) is 3.70. The Hall–Kier alpha value is -0.720. The lowest BCUT2D eigenvalue weighted by Crippen LogP contribution is -2.52. The molecule has 1 rings (SSSR count). The molecule has 1 aliphatic carbocycles. The third-order valence-electron chi connectivity index (χ3n) is 2.69. The van der Waals surface area contributed by atoms with E-state index in [-0.39, 0.29) is 23.6 Å². The summed E-state index contributed by atoms with van der Waals surface area (Å²) >= 11 is 0. The van der Waals surface area contributed by atoms with E-state index in [1.165, 1.54) is 0 Å². The quantitative estimate of drug-likeness (QED) is 0.405. The molecule has 0 aromatic carbocycles. The number of aliphatic hydroxyl groups is 1. The van der Waals surface area contributed by atoms with Crippen LogP contribution in [0.2, 0.25) is 0 Å². The van der Waals surface area contributed by atoms with Crippen LogP contribution in [0.3, 0.4) is 0 Å². The summed E-state index contributed by atoms with van der Waals surface area (Å²) < 4.78 is 0. The lowest BCUT2D eigenvalue weighted by Gasteiger charge is -2.30. The van der Waals surface area contributed by atoms with Gasteiger partial charge in [0.15, 0.2) is 0 Å². The number of hydrogen-bond acceptors (Lipinski definition) is 5. The molecular formula is C8H17N3O3. The molecule has 14 heavy (non-hydrogen) atoms. The van der Waals surface area contributed by atoms with Gasteiger partial charge in [0.05, 0.1) is 6.61 Å². The summed E-state index contributed by atoms with van der Waals surface area (Å²) in [6.07, 6.45) is 1.71. The van der Waals surface area contributed by atoms with Gasteiger partial charge in [0.1, 0.15) is 0 Å². The highest BCUT2D eigenvalue weighted by atomic mass is 16.6. The molecule has 0 spiro atoms. The molecular weight excluding hydrogens is 186 g/mol. The minimum atomic E-state index is -0.489. The second kappa shape index (κ2) is 5.23. The van der Waals surface area contributed by atoms with Crippen LogP contribution >= 0.6 is 0 Å². The Labute approximate surface area is 82.6 Å². The highest BCUT2D eigenvalue weighted by Crippen LogP contribution is 2.19. The molecule has 1 saturated carbocycles. The molecule has 1 aliphatic rings. The van der Waals surface area contributed by atoms with Crippen molar-refractivity contribution >= 4 is 0 Å². The maximum absolute atomic E-state index is 10.5. The summed E-state index contributed by atoms with van der Waals surface area (Å²) in [6, 6.07) is -0.554. The molecule has 3 atom stereocenters. The standard InChI is InChI=1S/C8H17N3O3/c9-7-5-6(11(13)14)1-2-8(7)10-3-4-12/h6-8,10,12H,1-5,9H2. The van der Waals surface area contributed by atoms with Crippen LogP contribution in [0.4, 0.5) is 0 Å². The molecule has 4 N–H and O–H groups in total. The summed E-state index contributed by atoms with van der Waals surface area (Å²) in [5, 5.41) is 22.2. The maximum atomic E-state index is 10.5. The molecule has 0 saturated heterocycles. The Morgan fingerprint density at radius 1 is 1.57 bits per heavy atom. The molecule has 82 valence electrons. The van der Waals surface area contributed by atoms with Crippen LogP contribution in [-0.2, 0) is 0 Å². The summed E-state index contributed by atoms with van der Waals surface area (Å²) in [5.74, 6) is 0. The number of hydrogen-bond donors (Lipinski definition) is 3. The average Bonchev–Trinajstić information content (AvgIpc) is 2.15. The lowest BCUT2D eigenvalue weighted by molar-refractivity contribution is -0.527. The van der Waals surface area contributed by atoms with Crippen molar-refractivity contribution in [1.82, 2.24) is 5.32 Å². The highest BCUT2D eigenvalue weighted by molar-refractivity contribution is 4.87. The fraction of sp³-hybridized carbons (Fsp3) is 1.00. The van der Waals surface area contributed by atoms with Gasteiger partial charge in [-0.25, -0.2) is 0 Å². The van der Waals surface area contributed by atoms with Crippen molar-refractivity contribution < 1.29 is 10.0 Å². The van der Waals surface area contributed by atoms with Crippen LogP contribution in [0.1, 0.15) is 19.3 Å². The van der Waals surface area contributed by atoms with Gasteiger partial charge in [0.25, 0.3) is 0 Å². The predicted octanol–water partition coefficient (Wildman–Crippen LogP) is -0.907. The van der Waals surface area contributed by atoms with Crippen molar-refractivity contribution in [3.8, 4) is 0 Å². The van der Waals surface area contributed by atoms with Crippen molar-refractivity contribution in [2.24, 2.45) is 5.73 Å². The van der Waals surface area contributed by atoms with Crippen molar-refractivity contribution in [2.45, 2.75) is 37.4 Å². The number of nitrogens with one attached hydrogen (secondary N) is 1. The van der Waals surface area contributed by atoms with Crippen LogP contribution in [-0.4, -0.2) is 41.3 Å². The van der Waals surface area contributed by atoms with E-state index < -0.39 is 6.04 Å². The SMILES string of the molecule is NC1CC([N+](=O)[O-])CCC1NCCO. The molecule has 0 heterocycles. The average molecular weight is 203 g/mol. The fourth-order valence-corrected chi connectivity index (χ4v) is 1.88. The smallest absolute Gasteiger partial charge is 0.214 e. The Kier molecular flexibility index (Phi) is 4.24. The first-order chi connectivity index (χ1) is 6.65.